The highest BCUT2D eigenvalue weighted by Crippen LogP contribution is 2.26. The Hall–Kier alpha value is -1.57. The molecule has 16 heavy (non-hydrogen) atoms. The average Bonchev–Trinajstić information content (AvgIpc) is 2.35. The quantitative estimate of drug-likeness (QED) is 0.742. The van der Waals surface area contributed by atoms with Crippen LogP contribution in [-0.4, -0.2) is 25.4 Å². The number of aliphatic hydroxyl groups is 1. The molecular weight excluding hydrogens is 206 g/mol. The van der Waals surface area contributed by atoms with Gasteiger partial charge in [-0.2, -0.15) is 5.26 Å². The topological polar surface area (TPSA) is 62.5 Å². The van der Waals surface area contributed by atoms with Crippen molar-refractivity contribution in [1.29, 1.82) is 5.26 Å². The molecule has 0 aliphatic heterocycles. The van der Waals surface area contributed by atoms with Crippen LogP contribution in [-0.2, 0) is 4.74 Å². The van der Waals surface area contributed by atoms with Crippen LogP contribution in [0.4, 0.5) is 0 Å². The van der Waals surface area contributed by atoms with Crippen molar-refractivity contribution in [1.82, 2.24) is 0 Å². The second-order valence-electron chi connectivity index (χ2n) is 3.19. The van der Waals surface area contributed by atoms with E-state index in [2.05, 4.69) is 0 Å². The monoisotopic (exact) mass is 221 g/mol. The highest BCUT2D eigenvalue weighted by atomic mass is 16.5. The fourth-order valence-corrected chi connectivity index (χ4v) is 1.42. The normalized spacial score (nSPS) is 11.8. The molecule has 0 spiro atoms. The number of rotatable bonds is 6. The number of methoxy groups -OCH3 is 1. The van der Waals surface area contributed by atoms with Gasteiger partial charge in [-0.15, -0.1) is 0 Å². The number of nitriles is 1. The van der Waals surface area contributed by atoms with E-state index in [1.807, 2.05) is 30.3 Å². The highest BCUT2D eigenvalue weighted by Gasteiger charge is 2.14. The largest absolute Gasteiger partial charge is 0.496 e. The summed E-state index contributed by atoms with van der Waals surface area (Å²) in [6.07, 6.45) is -0.129. The molecule has 4 nitrogen and oxygen atoms in total. The third-order valence-corrected chi connectivity index (χ3v) is 2.18. The summed E-state index contributed by atoms with van der Waals surface area (Å²) in [5, 5.41) is 17.6. The molecule has 0 aliphatic rings. The first-order valence-electron chi connectivity index (χ1n) is 5.05. The summed E-state index contributed by atoms with van der Waals surface area (Å²) in [4.78, 5) is 0. The zero-order valence-corrected chi connectivity index (χ0v) is 9.22. The van der Waals surface area contributed by atoms with E-state index in [1.54, 1.807) is 7.11 Å². The van der Waals surface area contributed by atoms with Crippen molar-refractivity contribution in [3.63, 3.8) is 0 Å². The van der Waals surface area contributed by atoms with Crippen LogP contribution in [0.25, 0.3) is 0 Å². The molecule has 1 unspecified atom stereocenters. The van der Waals surface area contributed by atoms with E-state index in [0.717, 1.165) is 5.56 Å². The van der Waals surface area contributed by atoms with E-state index in [1.165, 1.54) is 0 Å². The smallest absolute Gasteiger partial charge is 0.124 e. The molecule has 0 amide bonds. The van der Waals surface area contributed by atoms with Gasteiger partial charge in [-0.05, 0) is 6.07 Å². The van der Waals surface area contributed by atoms with E-state index in [4.69, 9.17) is 14.7 Å². The molecule has 1 atom stereocenters. The summed E-state index contributed by atoms with van der Waals surface area (Å²) >= 11 is 0. The van der Waals surface area contributed by atoms with Crippen LogP contribution >= 0.6 is 0 Å². The number of para-hydroxylation sites is 1. The minimum absolute atomic E-state index is 0.133. The van der Waals surface area contributed by atoms with Gasteiger partial charge < -0.3 is 14.6 Å². The van der Waals surface area contributed by atoms with Crippen LogP contribution in [0.5, 0.6) is 5.75 Å². The minimum atomic E-state index is -0.440. The second kappa shape index (κ2) is 6.83. The van der Waals surface area contributed by atoms with E-state index in [0.29, 0.717) is 18.8 Å². The van der Waals surface area contributed by atoms with Gasteiger partial charge in [0, 0.05) is 5.56 Å². The van der Waals surface area contributed by atoms with Gasteiger partial charge in [-0.1, -0.05) is 18.2 Å². The first kappa shape index (κ1) is 12.5. The molecule has 0 radical (unpaired) electrons. The van der Waals surface area contributed by atoms with Crippen LogP contribution < -0.4 is 4.74 Å². The molecule has 4 heteroatoms. The minimum Gasteiger partial charge on any atom is -0.496 e. The van der Waals surface area contributed by atoms with Crippen molar-refractivity contribution < 1.29 is 14.6 Å². The summed E-state index contributed by atoms with van der Waals surface area (Å²) in [6.45, 7) is 0.172. The molecule has 0 bridgehead atoms. The van der Waals surface area contributed by atoms with Gasteiger partial charge in [-0.3, -0.25) is 0 Å². The zero-order chi connectivity index (χ0) is 11.8. The molecule has 0 saturated carbocycles. The zero-order valence-electron chi connectivity index (χ0n) is 9.22. The number of hydrogen-bond acceptors (Lipinski definition) is 4. The Morgan fingerprint density at radius 2 is 2.19 bits per heavy atom. The van der Waals surface area contributed by atoms with Crippen molar-refractivity contribution in [3.05, 3.63) is 29.8 Å². The lowest BCUT2D eigenvalue weighted by atomic mass is 10.1. The summed E-state index contributed by atoms with van der Waals surface area (Å²) < 4.78 is 10.6. The van der Waals surface area contributed by atoms with E-state index in [-0.39, 0.29) is 6.61 Å². The Balaban J connectivity index is 2.74. The second-order valence-corrected chi connectivity index (χ2v) is 3.19. The molecule has 1 rings (SSSR count). The van der Waals surface area contributed by atoms with Gasteiger partial charge in [0.25, 0.3) is 0 Å². The molecular formula is C12H15NO3. The fraction of sp³-hybridized carbons (Fsp3) is 0.417. The maximum atomic E-state index is 9.24. The third kappa shape index (κ3) is 3.23. The first-order chi connectivity index (χ1) is 7.83. The Labute approximate surface area is 95.0 Å². The summed E-state index contributed by atoms with van der Waals surface area (Å²) in [6, 6.07) is 9.35. The van der Waals surface area contributed by atoms with Crippen molar-refractivity contribution in [2.45, 2.75) is 12.5 Å². The van der Waals surface area contributed by atoms with Gasteiger partial charge >= 0.3 is 0 Å². The Morgan fingerprint density at radius 3 is 2.81 bits per heavy atom. The predicted molar refractivity (Wildman–Crippen MR) is 59.0 cm³/mol. The molecule has 0 saturated heterocycles. The van der Waals surface area contributed by atoms with Crippen LogP contribution in [0.1, 0.15) is 18.1 Å². The van der Waals surface area contributed by atoms with Crippen LogP contribution in [0.3, 0.4) is 0 Å². The number of ether oxygens (including phenoxy) is 2. The lowest BCUT2D eigenvalue weighted by Crippen LogP contribution is -2.11. The fourth-order valence-electron chi connectivity index (χ4n) is 1.42. The number of hydrogen-bond donors (Lipinski definition) is 1. The van der Waals surface area contributed by atoms with E-state index in [9.17, 15) is 5.11 Å². The molecule has 0 heterocycles. The molecule has 1 aromatic carbocycles. The summed E-state index contributed by atoms with van der Waals surface area (Å²) in [7, 11) is 1.57. The predicted octanol–water partition coefficient (Wildman–Crippen LogP) is 1.66. The number of aliphatic hydroxyl groups excluding tert-OH is 1. The third-order valence-electron chi connectivity index (χ3n) is 2.18. The lowest BCUT2D eigenvalue weighted by Gasteiger charge is -2.17. The van der Waals surface area contributed by atoms with E-state index >= 15 is 0 Å². The van der Waals surface area contributed by atoms with Gasteiger partial charge in [0.1, 0.15) is 11.9 Å². The molecule has 1 N–H and O–H groups in total. The molecule has 86 valence electrons. The van der Waals surface area contributed by atoms with Crippen molar-refractivity contribution >= 4 is 0 Å². The number of nitrogens with zero attached hydrogens (tertiary/aromatic N) is 1. The van der Waals surface area contributed by atoms with E-state index < -0.39 is 6.10 Å². The lowest BCUT2D eigenvalue weighted by molar-refractivity contribution is 0.0133. The molecule has 0 aromatic heterocycles. The highest BCUT2D eigenvalue weighted by molar-refractivity contribution is 5.35. The van der Waals surface area contributed by atoms with Gasteiger partial charge in [0.15, 0.2) is 0 Å². The maximum Gasteiger partial charge on any atom is 0.124 e. The van der Waals surface area contributed by atoms with Crippen LogP contribution in [0.2, 0.25) is 0 Å². The van der Waals surface area contributed by atoms with Crippen molar-refractivity contribution in [3.8, 4) is 11.8 Å². The van der Waals surface area contributed by atoms with Crippen molar-refractivity contribution in [2.75, 3.05) is 20.3 Å². The maximum absolute atomic E-state index is 9.24. The van der Waals surface area contributed by atoms with Gasteiger partial charge in [-0.25, -0.2) is 0 Å². The Kier molecular flexibility index (Phi) is 5.34. The van der Waals surface area contributed by atoms with Gasteiger partial charge in [0.2, 0.25) is 0 Å². The SMILES string of the molecule is COc1ccccc1C(CO)OCCC#N. The number of benzene rings is 1. The van der Waals surface area contributed by atoms with Crippen LogP contribution in [0, 0.1) is 11.3 Å². The molecule has 0 aliphatic carbocycles. The van der Waals surface area contributed by atoms with Crippen LogP contribution in [0.15, 0.2) is 24.3 Å². The molecule has 1 aromatic rings. The summed E-state index contributed by atoms with van der Waals surface area (Å²) in [5.41, 5.74) is 0.797. The molecule has 0 fully saturated rings. The Morgan fingerprint density at radius 1 is 1.44 bits per heavy atom. The van der Waals surface area contributed by atoms with Gasteiger partial charge in [0.05, 0.1) is 32.8 Å². The first-order valence-corrected chi connectivity index (χ1v) is 5.05. The van der Waals surface area contributed by atoms with Crippen molar-refractivity contribution in [2.24, 2.45) is 0 Å². The standard InChI is InChI=1S/C12H15NO3/c1-15-11-6-3-2-5-10(11)12(9-14)16-8-4-7-13/h2-3,5-6,12,14H,4,8-9H2,1H3. The average molecular weight is 221 g/mol. The Bertz CT molecular complexity index is 360. The summed E-state index contributed by atoms with van der Waals surface area (Å²) in [5.74, 6) is 0.679.